The van der Waals surface area contributed by atoms with E-state index in [1.165, 1.54) is 0 Å². The number of hydrogen-bond donors (Lipinski definition) is 4. The van der Waals surface area contributed by atoms with Gasteiger partial charge in [-0.15, -0.1) is 10.2 Å². The van der Waals surface area contributed by atoms with Gasteiger partial charge in [0.1, 0.15) is 5.69 Å². The van der Waals surface area contributed by atoms with Crippen molar-refractivity contribution >= 4 is 23.5 Å². The lowest BCUT2D eigenvalue weighted by atomic mass is 10.0. The number of aliphatic carboxylic acids is 1. The van der Waals surface area contributed by atoms with Crippen LogP contribution < -0.4 is 5.32 Å². The average molecular weight is 585 g/mol. The van der Waals surface area contributed by atoms with E-state index in [0.29, 0.717) is 35.1 Å². The molecule has 11 nitrogen and oxygen atoms in total. The number of H-pyrrole nitrogens is 2. The number of carbonyl (C=O) groups is 2. The number of nitrogens with one attached hydrogen (secondary N) is 3. The van der Waals surface area contributed by atoms with Crippen LogP contribution in [0.5, 0.6) is 0 Å². The van der Waals surface area contributed by atoms with Gasteiger partial charge in [-0.2, -0.15) is 5.21 Å². The Balaban J connectivity index is 1.33. The zero-order valence-corrected chi connectivity index (χ0v) is 23.6. The van der Waals surface area contributed by atoms with Gasteiger partial charge in [-0.05, 0) is 41.3 Å². The molecule has 1 amide bonds. The molecule has 0 fully saturated rings. The molecule has 1 atom stereocenters. The van der Waals surface area contributed by atoms with Gasteiger partial charge in [-0.1, -0.05) is 67.4 Å². The van der Waals surface area contributed by atoms with Crippen LogP contribution in [0.2, 0.25) is 5.02 Å². The van der Waals surface area contributed by atoms with Crippen molar-refractivity contribution in [2.24, 2.45) is 0 Å². The van der Waals surface area contributed by atoms with E-state index in [-0.39, 0.29) is 12.3 Å². The number of tetrazole rings is 1. The van der Waals surface area contributed by atoms with Crippen molar-refractivity contribution in [3.63, 3.8) is 0 Å². The van der Waals surface area contributed by atoms with Crippen molar-refractivity contribution < 1.29 is 14.7 Å². The fourth-order valence-electron chi connectivity index (χ4n) is 4.83. The molecule has 2 aromatic carbocycles. The van der Waals surface area contributed by atoms with Crippen LogP contribution in [-0.4, -0.2) is 58.6 Å². The van der Waals surface area contributed by atoms with Crippen molar-refractivity contribution in [2.75, 3.05) is 0 Å². The Labute approximate surface area is 246 Å². The summed E-state index contributed by atoms with van der Waals surface area (Å²) in [5.74, 6) is -0.917. The Bertz CT molecular complexity index is 1670. The number of carboxylic acids is 1. The molecule has 0 saturated carbocycles. The highest BCUT2D eigenvalue weighted by molar-refractivity contribution is 6.31. The van der Waals surface area contributed by atoms with Crippen LogP contribution in [0.4, 0.5) is 0 Å². The lowest BCUT2D eigenvalue weighted by Crippen LogP contribution is -2.38. The van der Waals surface area contributed by atoms with Gasteiger partial charge in [0.05, 0.1) is 24.0 Å². The lowest BCUT2D eigenvalue weighted by molar-refractivity contribution is -0.137. The molecule has 12 heteroatoms. The topological polar surface area (TPSA) is 162 Å². The van der Waals surface area contributed by atoms with E-state index in [1.807, 2.05) is 42.5 Å². The Hall–Kier alpha value is -4.90. The first-order chi connectivity index (χ1) is 20.4. The number of benzene rings is 2. The minimum absolute atomic E-state index is 0.232. The Morgan fingerprint density at radius 1 is 1.02 bits per heavy atom. The molecular weight excluding hydrogens is 556 g/mol. The quantitative estimate of drug-likeness (QED) is 0.164. The largest absolute Gasteiger partial charge is 0.481 e. The Morgan fingerprint density at radius 3 is 2.50 bits per heavy atom. The Kier molecular flexibility index (Phi) is 8.98. The van der Waals surface area contributed by atoms with E-state index in [4.69, 9.17) is 11.6 Å². The second-order valence-corrected chi connectivity index (χ2v) is 10.3. The number of halogens is 1. The fraction of sp³-hybridized carbons (Fsp3) is 0.233. The van der Waals surface area contributed by atoms with Gasteiger partial charge in [-0.25, -0.2) is 0 Å². The maximum absolute atomic E-state index is 13.3. The molecule has 5 aromatic rings. The summed E-state index contributed by atoms with van der Waals surface area (Å²) in [6.07, 6.45) is 5.58. The summed E-state index contributed by atoms with van der Waals surface area (Å²) in [5, 5.41) is 27.1. The zero-order chi connectivity index (χ0) is 29.5. The highest BCUT2D eigenvalue weighted by Gasteiger charge is 2.21. The van der Waals surface area contributed by atoms with Crippen LogP contribution >= 0.6 is 11.6 Å². The molecule has 4 N–H and O–H groups in total. The summed E-state index contributed by atoms with van der Waals surface area (Å²) in [6, 6.07) is 16.0. The number of carbonyl (C=O) groups excluding carboxylic acids is 1. The molecule has 0 radical (unpaired) electrons. The molecule has 0 aliphatic heterocycles. The van der Waals surface area contributed by atoms with Crippen LogP contribution in [0, 0.1) is 0 Å². The first-order valence-corrected chi connectivity index (χ1v) is 13.9. The monoisotopic (exact) mass is 584 g/mol. The number of hydrogen-bond acceptors (Lipinski definition) is 7. The van der Waals surface area contributed by atoms with Crippen molar-refractivity contribution in [3.8, 4) is 22.6 Å². The lowest BCUT2D eigenvalue weighted by Gasteiger charge is -2.17. The van der Waals surface area contributed by atoms with Crippen LogP contribution in [0.15, 0.2) is 67.0 Å². The molecular formula is C30H29ClN8O3. The molecule has 3 aromatic heterocycles. The van der Waals surface area contributed by atoms with Crippen LogP contribution in [0.3, 0.4) is 0 Å². The van der Waals surface area contributed by atoms with Crippen molar-refractivity contribution in [3.05, 3.63) is 100 Å². The second-order valence-electron chi connectivity index (χ2n) is 9.85. The Morgan fingerprint density at radius 2 is 1.81 bits per heavy atom. The number of carboxylic acid groups (broad SMARTS) is 1. The van der Waals surface area contributed by atoms with Gasteiger partial charge in [-0.3, -0.25) is 19.6 Å². The van der Waals surface area contributed by atoms with Gasteiger partial charge in [0.2, 0.25) is 5.82 Å². The zero-order valence-electron chi connectivity index (χ0n) is 22.8. The number of aromatic nitrogens is 7. The van der Waals surface area contributed by atoms with Crippen molar-refractivity contribution in [1.82, 2.24) is 40.9 Å². The minimum atomic E-state index is -1.01. The normalized spacial score (nSPS) is 11.8. The van der Waals surface area contributed by atoms with E-state index >= 15 is 0 Å². The van der Waals surface area contributed by atoms with Crippen LogP contribution in [-0.2, 0) is 24.1 Å². The molecule has 0 saturated heterocycles. The maximum Gasteiger partial charge on any atom is 0.305 e. The SMILES string of the molecule is CCCc1cc(C(=O)NC(CC(=O)O)Cc2ccccc2Cl)[nH]c1Cc1cnc(-c2ccccc2-c2nn[nH]n2)cn1. The summed E-state index contributed by atoms with van der Waals surface area (Å²) in [6.45, 7) is 2.07. The van der Waals surface area contributed by atoms with E-state index < -0.39 is 12.0 Å². The third-order valence-electron chi connectivity index (χ3n) is 6.79. The summed E-state index contributed by atoms with van der Waals surface area (Å²) < 4.78 is 0. The molecule has 5 rings (SSSR count). The third kappa shape index (κ3) is 6.87. The predicted octanol–water partition coefficient (Wildman–Crippen LogP) is 4.66. The van der Waals surface area contributed by atoms with Crippen LogP contribution in [0.1, 0.15) is 52.8 Å². The van der Waals surface area contributed by atoms with Crippen LogP contribution in [0.25, 0.3) is 22.6 Å². The summed E-state index contributed by atoms with van der Waals surface area (Å²) in [5.41, 5.74) is 6.00. The summed E-state index contributed by atoms with van der Waals surface area (Å²) in [7, 11) is 0. The highest BCUT2D eigenvalue weighted by atomic mass is 35.5. The standard InChI is InChI=1S/C30H29ClN8O3/c1-2-7-19-13-26(30(42)34-20(15-28(40)41)12-18-8-3-6-11-24(18)31)35-25(19)14-21-16-33-27(17-32-21)22-9-4-5-10-23(22)29-36-38-39-37-29/h3-6,8-11,13,16-17,20,35H,2,7,12,14-15H2,1H3,(H,34,42)(H,40,41)(H,36,37,38,39). The highest BCUT2D eigenvalue weighted by Crippen LogP contribution is 2.28. The average Bonchev–Trinajstić information content (AvgIpc) is 3.66. The number of aromatic amines is 2. The van der Waals surface area contributed by atoms with Gasteiger partial charge in [0.25, 0.3) is 5.91 Å². The van der Waals surface area contributed by atoms with Gasteiger partial charge >= 0.3 is 5.97 Å². The molecule has 3 heterocycles. The second kappa shape index (κ2) is 13.2. The van der Waals surface area contributed by atoms with Gasteiger partial charge in [0.15, 0.2) is 0 Å². The fourth-order valence-corrected chi connectivity index (χ4v) is 5.05. The third-order valence-corrected chi connectivity index (χ3v) is 7.16. The van der Waals surface area contributed by atoms with Gasteiger partial charge in [0, 0.05) is 40.5 Å². The van der Waals surface area contributed by atoms with E-state index in [1.54, 1.807) is 24.5 Å². The molecule has 214 valence electrons. The summed E-state index contributed by atoms with van der Waals surface area (Å²) >= 11 is 6.28. The van der Waals surface area contributed by atoms with Crippen molar-refractivity contribution in [2.45, 2.75) is 45.1 Å². The van der Waals surface area contributed by atoms with E-state index in [0.717, 1.165) is 46.5 Å². The first kappa shape index (κ1) is 28.6. The molecule has 0 bridgehead atoms. The first-order valence-electron chi connectivity index (χ1n) is 13.5. The molecule has 42 heavy (non-hydrogen) atoms. The number of aryl methyl sites for hydroxylation is 1. The minimum Gasteiger partial charge on any atom is -0.481 e. The smallest absolute Gasteiger partial charge is 0.305 e. The maximum atomic E-state index is 13.3. The molecule has 1 unspecified atom stereocenters. The number of rotatable bonds is 12. The molecule has 0 spiro atoms. The number of amides is 1. The van der Waals surface area contributed by atoms with E-state index in [9.17, 15) is 14.7 Å². The van der Waals surface area contributed by atoms with Gasteiger partial charge < -0.3 is 15.4 Å². The molecule has 0 aliphatic carbocycles. The predicted molar refractivity (Wildman–Crippen MR) is 157 cm³/mol. The summed E-state index contributed by atoms with van der Waals surface area (Å²) in [4.78, 5) is 37.3. The molecule has 0 aliphatic rings. The number of nitrogens with zero attached hydrogens (tertiary/aromatic N) is 5. The van der Waals surface area contributed by atoms with E-state index in [2.05, 4.69) is 47.8 Å². The van der Waals surface area contributed by atoms with Crippen molar-refractivity contribution in [1.29, 1.82) is 0 Å².